The van der Waals surface area contributed by atoms with Gasteiger partial charge < -0.3 is 4.57 Å². The molecule has 8 aromatic rings. The van der Waals surface area contributed by atoms with Crippen molar-refractivity contribution in [1.82, 2.24) is 14.1 Å². The van der Waals surface area contributed by atoms with Gasteiger partial charge in [-0.25, -0.2) is 4.98 Å². The van der Waals surface area contributed by atoms with Crippen molar-refractivity contribution >= 4 is 54.4 Å². The van der Waals surface area contributed by atoms with Crippen LogP contribution < -0.4 is 0 Å². The van der Waals surface area contributed by atoms with E-state index in [9.17, 15) is 0 Å². The van der Waals surface area contributed by atoms with Gasteiger partial charge in [0.25, 0.3) is 0 Å². The lowest BCUT2D eigenvalue weighted by Crippen LogP contribution is -1.96. The number of para-hydroxylation sites is 3. The molecule has 5 aromatic carbocycles. The van der Waals surface area contributed by atoms with Crippen LogP contribution in [0.4, 0.5) is 0 Å². The molecule has 0 bridgehead atoms. The number of pyridine rings is 1. The minimum absolute atomic E-state index is 0.929. The Kier molecular flexibility index (Phi) is 3.94. The molecule has 3 aromatic heterocycles. The highest BCUT2D eigenvalue weighted by Crippen LogP contribution is 2.42. The molecule has 0 fully saturated rings. The van der Waals surface area contributed by atoms with Crippen molar-refractivity contribution < 1.29 is 0 Å². The van der Waals surface area contributed by atoms with E-state index < -0.39 is 0 Å². The molecule has 0 atom stereocenters. The number of hydrogen-bond acceptors (Lipinski definition) is 1. The maximum absolute atomic E-state index is 4.72. The number of benzene rings is 5. The van der Waals surface area contributed by atoms with E-state index in [0.29, 0.717) is 0 Å². The minimum Gasteiger partial charge on any atom is -0.309 e. The van der Waals surface area contributed by atoms with Crippen LogP contribution >= 0.6 is 0 Å². The average Bonchev–Trinajstić information content (AvgIpc) is 3.47. The van der Waals surface area contributed by atoms with Crippen molar-refractivity contribution in [3.8, 4) is 11.5 Å². The van der Waals surface area contributed by atoms with Gasteiger partial charge in [0, 0.05) is 38.8 Å². The van der Waals surface area contributed by atoms with Crippen LogP contribution in [-0.4, -0.2) is 14.1 Å². The smallest absolute Gasteiger partial charge is 0.137 e. The van der Waals surface area contributed by atoms with Crippen LogP contribution in [0.25, 0.3) is 65.9 Å². The highest BCUT2D eigenvalue weighted by Gasteiger charge is 2.20. The molecule has 0 radical (unpaired) electrons. The first-order chi connectivity index (χ1) is 17.9. The molecule has 0 saturated carbocycles. The fourth-order valence-corrected chi connectivity index (χ4v) is 5.90. The topological polar surface area (TPSA) is 22.8 Å². The summed E-state index contributed by atoms with van der Waals surface area (Å²) in [6, 6.07) is 43.3. The molecular formula is C33H21N3. The van der Waals surface area contributed by atoms with Gasteiger partial charge in [0.2, 0.25) is 0 Å². The molecule has 0 aliphatic rings. The van der Waals surface area contributed by atoms with Crippen molar-refractivity contribution in [3.63, 3.8) is 0 Å². The number of aromatic nitrogens is 3. The van der Waals surface area contributed by atoms with Gasteiger partial charge in [-0.3, -0.25) is 4.57 Å². The molecule has 0 saturated heterocycles. The Morgan fingerprint density at radius 3 is 1.94 bits per heavy atom. The summed E-state index contributed by atoms with van der Waals surface area (Å²) in [7, 11) is 0. The lowest BCUT2D eigenvalue weighted by atomic mass is 10.0. The molecule has 0 amide bonds. The second kappa shape index (κ2) is 7.30. The van der Waals surface area contributed by atoms with Crippen LogP contribution in [0.15, 0.2) is 128 Å². The quantitative estimate of drug-likeness (QED) is 0.254. The lowest BCUT2D eigenvalue weighted by Gasteiger charge is -2.11. The van der Waals surface area contributed by atoms with Crippen molar-refractivity contribution in [2.45, 2.75) is 0 Å². The predicted octanol–water partition coefficient (Wildman–Crippen LogP) is 8.43. The van der Waals surface area contributed by atoms with Crippen LogP contribution in [-0.2, 0) is 0 Å². The molecule has 0 unspecified atom stereocenters. The van der Waals surface area contributed by atoms with E-state index in [-0.39, 0.29) is 0 Å². The van der Waals surface area contributed by atoms with Gasteiger partial charge in [-0.1, -0.05) is 78.9 Å². The third-order valence-electron chi connectivity index (χ3n) is 7.34. The summed E-state index contributed by atoms with van der Waals surface area (Å²) < 4.78 is 4.72. The Balaban J connectivity index is 1.68. The highest BCUT2D eigenvalue weighted by atomic mass is 15.1. The Labute approximate surface area is 207 Å². The minimum atomic E-state index is 0.929. The molecule has 0 N–H and O–H groups in total. The van der Waals surface area contributed by atoms with E-state index in [0.717, 1.165) is 11.3 Å². The van der Waals surface area contributed by atoms with Crippen LogP contribution in [0, 0.1) is 0 Å². The third kappa shape index (κ3) is 2.54. The summed E-state index contributed by atoms with van der Waals surface area (Å²) in [6.45, 7) is 0. The zero-order valence-corrected chi connectivity index (χ0v) is 19.5. The Morgan fingerprint density at radius 2 is 1.14 bits per heavy atom. The maximum atomic E-state index is 4.72. The fraction of sp³-hybridized carbons (Fsp3) is 0. The zero-order valence-electron chi connectivity index (χ0n) is 19.5. The molecule has 36 heavy (non-hydrogen) atoms. The molecular weight excluding hydrogens is 438 g/mol. The first-order valence-corrected chi connectivity index (χ1v) is 12.2. The summed E-state index contributed by atoms with van der Waals surface area (Å²) in [5, 5.41) is 7.54. The molecule has 168 valence electrons. The van der Waals surface area contributed by atoms with Crippen molar-refractivity contribution in [3.05, 3.63) is 128 Å². The molecule has 0 aliphatic heterocycles. The van der Waals surface area contributed by atoms with Crippen molar-refractivity contribution in [1.29, 1.82) is 0 Å². The number of nitrogens with zero attached hydrogens (tertiary/aromatic N) is 3. The number of fused-ring (bicyclic) bond motifs is 9. The number of hydrogen-bond donors (Lipinski definition) is 0. The predicted molar refractivity (Wildman–Crippen MR) is 150 cm³/mol. The standard InChI is InChI=1S/C33H21N3/c1-2-10-23(11-3-1)35-27-14-6-4-12-24(27)25-19-17-22-18-20-29-32(31(22)33(25)35)26-13-5-7-15-28(26)36(29)30-16-8-9-21-34-30/h1-21H. The van der Waals surface area contributed by atoms with Crippen LogP contribution in [0.3, 0.4) is 0 Å². The summed E-state index contributed by atoms with van der Waals surface area (Å²) in [6.07, 6.45) is 1.86. The SMILES string of the molecule is c1ccc(-n2c3ccccc3c3ccc4ccc5c(c6ccccc6n5-c5ccccn5)c4c32)cc1. The molecule has 8 rings (SSSR count). The highest BCUT2D eigenvalue weighted by molar-refractivity contribution is 6.30. The Bertz CT molecular complexity index is 2080. The molecule has 0 aliphatic carbocycles. The molecule has 3 heteroatoms. The Hall–Kier alpha value is -4.89. The van der Waals surface area contributed by atoms with Gasteiger partial charge in [-0.2, -0.15) is 0 Å². The summed E-state index contributed by atoms with van der Waals surface area (Å²) in [5.74, 6) is 0.929. The van der Waals surface area contributed by atoms with Gasteiger partial charge in [0.1, 0.15) is 5.82 Å². The monoisotopic (exact) mass is 459 g/mol. The fourth-order valence-electron chi connectivity index (χ4n) is 5.90. The largest absolute Gasteiger partial charge is 0.309 e. The molecule has 3 heterocycles. The Morgan fingerprint density at radius 1 is 0.444 bits per heavy atom. The van der Waals surface area contributed by atoms with E-state index in [1.54, 1.807) is 0 Å². The van der Waals surface area contributed by atoms with Gasteiger partial charge in [-0.05, 0) is 47.9 Å². The van der Waals surface area contributed by atoms with E-state index in [4.69, 9.17) is 4.98 Å². The average molecular weight is 460 g/mol. The first-order valence-electron chi connectivity index (χ1n) is 12.2. The van der Waals surface area contributed by atoms with Gasteiger partial charge in [0.05, 0.1) is 22.1 Å². The van der Waals surface area contributed by atoms with E-state index in [2.05, 4.69) is 124 Å². The summed E-state index contributed by atoms with van der Waals surface area (Å²) >= 11 is 0. The van der Waals surface area contributed by atoms with Gasteiger partial charge in [-0.15, -0.1) is 0 Å². The number of rotatable bonds is 2. The van der Waals surface area contributed by atoms with E-state index >= 15 is 0 Å². The van der Waals surface area contributed by atoms with E-state index in [1.807, 2.05) is 12.3 Å². The normalized spacial score (nSPS) is 11.9. The second-order valence-corrected chi connectivity index (χ2v) is 9.25. The summed E-state index contributed by atoms with van der Waals surface area (Å²) in [5.41, 5.74) is 5.96. The third-order valence-corrected chi connectivity index (χ3v) is 7.34. The summed E-state index contributed by atoms with van der Waals surface area (Å²) in [4.78, 5) is 4.72. The first kappa shape index (κ1) is 19.4. The van der Waals surface area contributed by atoms with Gasteiger partial charge in [0.15, 0.2) is 0 Å². The van der Waals surface area contributed by atoms with Crippen molar-refractivity contribution in [2.75, 3.05) is 0 Å². The lowest BCUT2D eigenvalue weighted by molar-refractivity contribution is 1.08. The molecule has 3 nitrogen and oxygen atoms in total. The maximum Gasteiger partial charge on any atom is 0.137 e. The second-order valence-electron chi connectivity index (χ2n) is 9.25. The van der Waals surface area contributed by atoms with Crippen LogP contribution in [0.1, 0.15) is 0 Å². The van der Waals surface area contributed by atoms with Crippen LogP contribution in [0.5, 0.6) is 0 Å². The molecule has 0 spiro atoms. The van der Waals surface area contributed by atoms with Gasteiger partial charge >= 0.3 is 0 Å². The van der Waals surface area contributed by atoms with E-state index in [1.165, 1.54) is 54.6 Å². The van der Waals surface area contributed by atoms with Crippen molar-refractivity contribution in [2.24, 2.45) is 0 Å². The van der Waals surface area contributed by atoms with Crippen LogP contribution in [0.2, 0.25) is 0 Å². The zero-order chi connectivity index (χ0) is 23.6.